The van der Waals surface area contributed by atoms with Crippen LogP contribution in [0.1, 0.15) is 0 Å². The van der Waals surface area contributed by atoms with Crippen LogP contribution in [0.5, 0.6) is 5.75 Å². The molecule has 0 fully saturated rings. The van der Waals surface area contributed by atoms with Crippen molar-refractivity contribution in [3.05, 3.63) is 24.0 Å². The molecule has 15 heavy (non-hydrogen) atoms. The van der Waals surface area contributed by atoms with Gasteiger partial charge < -0.3 is 5.11 Å². The first kappa shape index (κ1) is 11.3. The fourth-order valence-corrected chi connectivity index (χ4v) is 1.60. The van der Waals surface area contributed by atoms with E-state index in [2.05, 4.69) is 0 Å². The Kier molecular flexibility index (Phi) is 3.11. The third-order valence-electron chi connectivity index (χ3n) is 1.48. The number of rotatable bonds is 3. The van der Waals surface area contributed by atoms with Crippen molar-refractivity contribution < 1.29 is 17.9 Å². The van der Waals surface area contributed by atoms with E-state index in [1.54, 1.807) is 0 Å². The average molecular weight is 230 g/mol. The zero-order chi connectivity index (χ0) is 11.5. The van der Waals surface area contributed by atoms with Gasteiger partial charge in [-0.2, -0.15) is 5.26 Å². The molecule has 0 atom stereocenters. The molecule has 0 unspecified atom stereocenters. The van der Waals surface area contributed by atoms with Crippen LogP contribution in [0, 0.1) is 17.1 Å². The van der Waals surface area contributed by atoms with Gasteiger partial charge in [-0.3, -0.25) is 4.72 Å². The molecule has 0 amide bonds. The van der Waals surface area contributed by atoms with Crippen molar-refractivity contribution in [2.45, 2.75) is 0 Å². The summed E-state index contributed by atoms with van der Waals surface area (Å²) in [6, 6.07) is 4.49. The van der Waals surface area contributed by atoms with E-state index in [4.69, 9.17) is 10.4 Å². The molecule has 0 saturated carbocycles. The van der Waals surface area contributed by atoms with Gasteiger partial charge in [-0.1, -0.05) is 0 Å². The van der Waals surface area contributed by atoms with Crippen molar-refractivity contribution in [2.24, 2.45) is 0 Å². The Morgan fingerprint density at radius 1 is 1.53 bits per heavy atom. The molecule has 2 N–H and O–H groups in total. The summed E-state index contributed by atoms with van der Waals surface area (Å²) in [7, 11) is -3.77. The zero-order valence-electron chi connectivity index (χ0n) is 7.44. The summed E-state index contributed by atoms with van der Waals surface area (Å²) in [5, 5.41) is 17.0. The molecule has 0 aliphatic rings. The van der Waals surface area contributed by atoms with Crippen molar-refractivity contribution in [1.29, 1.82) is 5.26 Å². The van der Waals surface area contributed by atoms with Crippen LogP contribution in [0.2, 0.25) is 0 Å². The standard InChI is InChI=1S/C8H7FN2O3S/c9-7-5-6(1-2-8(7)12)11-15(13,14)4-3-10/h1-2,5,11-12H,4H2. The molecule has 1 aromatic carbocycles. The van der Waals surface area contributed by atoms with Gasteiger partial charge >= 0.3 is 0 Å². The van der Waals surface area contributed by atoms with E-state index in [0.717, 1.165) is 12.1 Å². The smallest absolute Gasteiger partial charge is 0.246 e. The molecule has 5 nitrogen and oxygen atoms in total. The molecular formula is C8H7FN2O3S. The van der Waals surface area contributed by atoms with Crippen molar-refractivity contribution in [1.82, 2.24) is 0 Å². The zero-order valence-corrected chi connectivity index (χ0v) is 8.25. The highest BCUT2D eigenvalue weighted by Gasteiger charge is 2.10. The van der Waals surface area contributed by atoms with E-state index in [9.17, 15) is 12.8 Å². The molecule has 1 aromatic rings. The van der Waals surface area contributed by atoms with E-state index in [0.29, 0.717) is 0 Å². The second-order valence-corrected chi connectivity index (χ2v) is 4.41. The highest BCUT2D eigenvalue weighted by molar-refractivity contribution is 7.92. The Labute approximate surface area is 85.8 Å². The number of sulfonamides is 1. The number of anilines is 1. The maximum absolute atomic E-state index is 12.8. The van der Waals surface area contributed by atoms with Crippen LogP contribution in [0.3, 0.4) is 0 Å². The molecule has 0 heterocycles. The summed E-state index contributed by atoms with van der Waals surface area (Å²) in [6.45, 7) is 0. The quantitative estimate of drug-likeness (QED) is 0.751. The van der Waals surface area contributed by atoms with Crippen molar-refractivity contribution in [3.8, 4) is 11.8 Å². The number of nitrogens with zero attached hydrogens (tertiary/aromatic N) is 1. The van der Waals surface area contributed by atoms with Gasteiger partial charge in [-0.05, 0) is 12.1 Å². The summed E-state index contributed by atoms with van der Waals surface area (Å²) in [5.41, 5.74) is -0.0412. The van der Waals surface area contributed by atoms with Gasteiger partial charge in [0.1, 0.15) is 0 Å². The normalized spacial score (nSPS) is 10.7. The highest BCUT2D eigenvalue weighted by atomic mass is 32.2. The van der Waals surface area contributed by atoms with Crippen LogP contribution in [0.25, 0.3) is 0 Å². The van der Waals surface area contributed by atoms with Gasteiger partial charge in [0.15, 0.2) is 17.3 Å². The van der Waals surface area contributed by atoms with Gasteiger partial charge in [0.25, 0.3) is 0 Å². The van der Waals surface area contributed by atoms with Crippen LogP contribution in [-0.4, -0.2) is 19.3 Å². The minimum Gasteiger partial charge on any atom is -0.505 e. The van der Waals surface area contributed by atoms with E-state index < -0.39 is 27.3 Å². The number of nitriles is 1. The molecule has 7 heteroatoms. The number of hydrogen-bond acceptors (Lipinski definition) is 4. The topological polar surface area (TPSA) is 90.2 Å². The Morgan fingerprint density at radius 2 is 2.20 bits per heavy atom. The second kappa shape index (κ2) is 4.14. The highest BCUT2D eigenvalue weighted by Crippen LogP contribution is 2.19. The number of halogens is 1. The summed E-state index contributed by atoms with van der Waals surface area (Å²) >= 11 is 0. The van der Waals surface area contributed by atoms with Crippen LogP contribution >= 0.6 is 0 Å². The monoisotopic (exact) mass is 230 g/mol. The van der Waals surface area contributed by atoms with E-state index in [-0.39, 0.29) is 5.69 Å². The average Bonchev–Trinajstić information content (AvgIpc) is 2.10. The maximum atomic E-state index is 12.8. The number of hydrogen-bond donors (Lipinski definition) is 2. The molecule has 0 aliphatic heterocycles. The number of benzene rings is 1. The largest absolute Gasteiger partial charge is 0.505 e. The summed E-state index contributed by atoms with van der Waals surface area (Å²) in [5.74, 6) is -2.22. The van der Waals surface area contributed by atoms with Crippen LogP contribution < -0.4 is 4.72 Å². The lowest BCUT2D eigenvalue weighted by molar-refractivity contribution is 0.432. The van der Waals surface area contributed by atoms with Crippen LogP contribution in [0.15, 0.2) is 18.2 Å². The molecule has 0 saturated heterocycles. The second-order valence-electron chi connectivity index (χ2n) is 2.69. The Bertz CT molecular complexity index is 507. The fraction of sp³-hybridized carbons (Fsp3) is 0.125. The van der Waals surface area contributed by atoms with E-state index >= 15 is 0 Å². The Balaban J connectivity index is 2.92. The van der Waals surface area contributed by atoms with Crippen molar-refractivity contribution in [3.63, 3.8) is 0 Å². The molecule has 80 valence electrons. The van der Waals surface area contributed by atoms with Gasteiger partial charge in [0, 0.05) is 6.07 Å². The molecule has 0 radical (unpaired) electrons. The number of phenols is 1. The summed E-state index contributed by atoms with van der Waals surface area (Å²) in [4.78, 5) is 0. The van der Waals surface area contributed by atoms with Crippen LogP contribution in [-0.2, 0) is 10.0 Å². The third kappa shape index (κ3) is 3.11. The van der Waals surface area contributed by atoms with Crippen molar-refractivity contribution >= 4 is 15.7 Å². The first-order chi connectivity index (χ1) is 6.94. The molecule has 0 aromatic heterocycles. The molecule has 0 bridgehead atoms. The van der Waals surface area contributed by atoms with Gasteiger partial charge in [-0.25, -0.2) is 12.8 Å². The van der Waals surface area contributed by atoms with Crippen molar-refractivity contribution in [2.75, 3.05) is 10.5 Å². The first-order valence-electron chi connectivity index (χ1n) is 3.80. The minimum atomic E-state index is -3.77. The molecule has 0 spiro atoms. The van der Waals surface area contributed by atoms with E-state index in [1.807, 2.05) is 4.72 Å². The third-order valence-corrected chi connectivity index (χ3v) is 2.53. The number of nitrogens with one attached hydrogen (secondary N) is 1. The predicted molar refractivity (Wildman–Crippen MR) is 51.1 cm³/mol. The number of phenolic OH excluding ortho intramolecular Hbond substituents is 1. The summed E-state index contributed by atoms with van der Waals surface area (Å²) in [6.07, 6.45) is 0. The lowest BCUT2D eigenvalue weighted by atomic mass is 10.3. The van der Waals surface area contributed by atoms with Crippen LogP contribution in [0.4, 0.5) is 10.1 Å². The lowest BCUT2D eigenvalue weighted by Gasteiger charge is -2.05. The van der Waals surface area contributed by atoms with Gasteiger partial charge in [0.05, 0.1) is 11.8 Å². The Hall–Kier alpha value is -1.81. The molecule has 1 rings (SSSR count). The minimum absolute atomic E-state index is 0.0412. The van der Waals surface area contributed by atoms with Gasteiger partial charge in [-0.15, -0.1) is 0 Å². The number of aromatic hydroxyl groups is 1. The SMILES string of the molecule is N#CCS(=O)(=O)Nc1ccc(O)c(F)c1. The fourth-order valence-electron chi connectivity index (χ4n) is 0.871. The lowest BCUT2D eigenvalue weighted by Crippen LogP contribution is -2.15. The maximum Gasteiger partial charge on any atom is 0.246 e. The Morgan fingerprint density at radius 3 is 2.73 bits per heavy atom. The predicted octanol–water partition coefficient (Wildman–Crippen LogP) is 0.797. The van der Waals surface area contributed by atoms with E-state index in [1.165, 1.54) is 12.1 Å². The van der Waals surface area contributed by atoms with Gasteiger partial charge in [0.2, 0.25) is 10.0 Å². The summed E-state index contributed by atoms with van der Waals surface area (Å²) < 4.78 is 36.9. The molecule has 0 aliphatic carbocycles. The first-order valence-corrected chi connectivity index (χ1v) is 5.46. The molecular weight excluding hydrogens is 223 g/mol.